The largest absolute Gasteiger partial charge is 0.489 e. The van der Waals surface area contributed by atoms with Crippen LogP contribution in [0.15, 0.2) is 84.0 Å². The Bertz CT molecular complexity index is 1420. The fourth-order valence-corrected chi connectivity index (χ4v) is 6.81. The van der Waals surface area contributed by atoms with Crippen LogP contribution >= 0.6 is 0 Å². The molecule has 2 aliphatic carbocycles. The smallest absolute Gasteiger partial charge is 0.159 e. The molecule has 41 heavy (non-hydrogen) atoms. The molecule has 0 aromatic heterocycles. The highest BCUT2D eigenvalue weighted by molar-refractivity contribution is 5.88. The Hall–Kier alpha value is -3.41. The van der Waals surface area contributed by atoms with Gasteiger partial charge >= 0.3 is 0 Å². The highest BCUT2D eigenvalue weighted by Crippen LogP contribution is 2.43. The standard InChI is InChI=1S/C36H40FNO3/c1-39-36(40-2)27-18-20-38(21-19-27)34-17-13-29(23-33(34)37)35-31(26-10-6-7-11-26)15-12-28-22-30(14-16-32(28)35)41-24-25-8-4-3-5-9-25/h3-5,8-10,13-14,16-17,22-23,27,36H,6-7,11-12,15,18-21,24H2,1-2H3. The predicted molar refractivity (Wildman–Crippen MR) is 163 cm³/mol. The molecule has 0 atom stereocenters. The van der Waals surface area contributed by atoms with Crippen LogP contribution in [0.4, 0.5) is 10.1 Å². The zero-order valence-corrected chi connectivity index (χ0v) is 24.2. The molecule has 1 fully saturated rings. The third-order valence-corrected chi connectivity index (χ3v) is 8.94. The molecule has 6 rings (SSSR count). The third kappa shape index (κ3) is 5.98. The van der Waals surface area contributed by atoms with Gasteiger partial charge in [-0.2, -0.15) is 0 Å². The number of rotatable bonds is 9. The second kappa shape index (κ2) is 12.6. The van der Waals surface area contributed by atoms with Gasteiger partial charge in [0.05, 0.1) is 5.69 Å². The molecule has 3 aromatic rings. The van der Waals surface area contributed by atoms with Crippen molar-refractivity contribution in [3.8, 4) is 5.75 Å². The molecule has 4 nitrogen and oxygen atoms in total. The molecule has 0 saturated carbocycles. The van der Waals surface area contributed by atoms with E-state index >= 15 is 4.39 Å². The lowest BCUT2D eigenvalue weighted by Gasteiger charge is -2.36. The molecular formula is C36H40FNO3. The first-order valence-electron chi connectivity index (χ1n) is 15.0. The van der Waals surface area contributed by atoms with Crippen LogP contribution in [-0.2, 0) is 22.5 Å². The number of ether oxygens (including phenoxy) is 3. The van der Waals surface area contributed by atoms with E-state index in [0.717, 1.165) is 68.5 Å². The van der Waals surface area contributed by atoms with Crippen molar-refractivity contribution in [2.75, 3.05) is 32.2 Å². The number of hydrogen-bond acceptors (Lipinski definition) is 4. The Labute approximate surface area is 243 Å². The predicted octanol–water partition coefficient (Wildman–Crippen LogP) is 8.10. The van der Waals surface area contributed by atoms with Crippen molar-refractivity contribution in [1.29, 1.82) is 0 Å². The van der Waals surface area contributed by atoms with Crippen molar-refractivity contribution in [3.63, 3.8) is 0 Å². The summed E-state index contributed by atoms with van der Waals surface area (Å²) in [5.74, 6) is 1.05. The quantitative estimate of drug-likeness (QED) is 0.251. The Morgan fingerprint density at radius 1 is 0.902 bits per heavy atom. The number of halogens is 1. The van der Waals surface area contributed by atoms with Crippen LogP contribution in [-0.4, -0.2) is 33.6 Å². The van der Waals surface area contributed by atoms with E-state index in [1.807, 2.05) is 24.3 Å². The van der Waals surface area contributed by atoms with Gasteiger partial charge in [0, 0.05) is 33.2 Å². The summed E-state index contributed by atoms with van der Waals surface area (Å²) >= 11 is 0. The number of methoxy groups -OCH3 is 2. The summed E-state index contributed by atoms with van der Waals surface area (Å²) in [5.41, 5.74) is 9.26. The van der Waals surface area contributed by atoms with E-state index in [2.05, 4.69) is 47.4 Å². The molecule has 0 spiro atoms. The molecule has 0 unspecified atom stereocenters. The van der Waals surface area contributed by atoms with Crippen molar-refractivity contribution in [2.24, 2.45) is 5.92 Å². The molecule has 1 aliphatic heterocycles. The van der Waals surface area contributed by atoms with E-state index in [9.17, 15) is 0 Å². The van der Waals surface area contributed by atoms with Crippen LogP contribution in [0.25, 0.3) is 5.57 Å². The normalized spacial score (nSPS) is 17.7. The number of aryl methyl sites for hydroxylation is 1. The average Bonchev–Trinajstić information content (AvgIpc) is 3.56. The van der Waals surface area contributed by atoms with E-state index in [4.69, 9.17) is 14.2 Å². The molecule has 0 amide bonds. The first-order chi connectivity index (χ1) is 20.1. The van der Waals surface area contributed by atoms with Gasteiger partial charge in [0.25, 0.3) is 0 Å². The van der Waals surface area contributed by atoms with Crippen LogP contribution in [0.2, 0.25) is 0 Å². The molecule has 214 valence electrons. The number of hydrogen-bond donors (Lipinski definition) is 0. The monoisotopic (exact) mass is 553 g/mol. The zero-order valence-electron chi connectivity index (χ0n) is 24.2. The summed E-state index contributed by atoms with van der Waals surface area (Å²) in [6.45, 7) is 2.13. The Balaban J connectivity index is 1.27. The fourth-order valence-electron chi connectivity index (χ4n) is 6.81. The van der Waals surface area contributed by atoms with Gasteiger partial charge < -0.3 is 19.1 Å². The van der Waals surface area contributed by atoms with E-state index in [1.54, 1.807) is 20.3 Å². The Kier molecular flexibility index (Phi) is 8.54. The molecule has 0 N–H and O–H groups in total. The highest BCUT2D eigenvalue weighted by Gasteiger charge is 2.29. The van der Waals surface area contributed by atoms with Crippen molar-refractivity contribution >= 4 is 11.3 Å². The Morgan fingerprint density at radius 3 is 2.41 bits per heavy atom. The van der Waals surface area contributed by atoms with Gasteiger partial charge in [-0.3, -0.25) is 0 Å². The molecule has 3 aliphatic rings. The number of anilines is 1. The first kappa shape index (κ1) is 27.7. The van der Waals surface area contributed by atoms with E-state index in [-0.39, 0.29) is 12.1 Å². The van der Waals surface area contributed by atoms with Crippen molar-refractivity contribution in [3.05, 3.63) is 112 Å². The van der Waals surface area contributed by atoms with Crippen LogP contribution in [0.3, 0.4) is 0 Å². The molecule has 5 heteroatoms. The third-order valence-electron chi connectivity index (χ3n) is 8.94. The van der Waals surface area contributed by atoms with Crippen LogP contribution in [0.1, 0.15) is 60.8 Å². The summed E-state index contributed by atoms with van der Waals surface area (Å²) in [6, 6.07) is 22.5. The number of fused-ring (bicyclic) bond motifs is 1. The topological polar surface area (TPSA) is 30.9 Å². The molecule has 3 aromatic carbocycles. The SMILES string of the molecule is COC(OC)C1CCN(c2ccc(C3=C(C4=CCCC4)CCc4cc(OCc5ccccc5)ccc43)cc2F)CC1. The summed E-state index contributed by atoms with van der Waals surface area (Å²) in [4.78, 5) is 2.16. The average molecular weight is 554 g/mol. The summed E-state index contributed by atoms with van der Waals surface area (Å²) in [5, 5.41) is 0. The van der Waals surface area contributed by atoms with Crippen LogP contribution in [0, 0.1) is 11.7 Å². The minimum atomic E-state index is -0.199. The fraction of sp³-hybridized carbons (Fsp3) is 0.389. The molecular weight excluding hydrogens is 513 g/mol. The summed E-state index contributed by atoms with van der Waals surface area (Å²) in [6.07, 6.45) is 9.38. The second-order valence-electron chi connectivity index (χ2n) is 11.4. The number of benzene rings is 3. The van der Waals surface area contributed by atoms with Gasteiger partial charge in [0.1, 0.15) is 18.2 Å². The van der Waals surface area contributed by atoms with Crippen molar-refractivity contribution in [1.82, 2.24) is 0 Å². The number of allylic oxidation sites excluding steroid dienone is 3. The van der Waals surface area contributed by atoms with Crippen LogP contribution in [0.5, 0.6) is 5.75 Å². The van der Waals surface area contributed by atoms with Gasteiger partial charge in [0.2, 0.25) is 0 Å². The number of nitrogens with zero attached hydrogens (tertiary/aromatic N) is 1. The van der Waals surface area contributed by atoms with Gasteiger partial charge in [-0.1, -0.05) is 48.5 Å². The Morgan fingerprint density at radius 2 is 1.71 bits per heavy atom. The van der Waals surface area contributed by atoms with Gasteiger partial charge in [0.15, 0.2) is 6.29 Å². The van der Waals surface area contributed by atoms with Crippen molar-refractivity contribution < 1.29 is 18.6 Å². The maximum absolute atomic E-state index is 15.8. The summed E-state index contributed by atoms with van der Waals surface area (Å²) < 4.78 is 32.9. The zero-order chi connectivity index (χ0) is 28.2. The van der Waals surface area contributed by atoms with E-state index in [0.29, 0.717) is 18.2 Å². The maximum atomic E-state index is 15.8. The first-order valence-corrected chi connectivity index (χ1v) is 15.0. The van der Waals surface area contributed by atoms with Gasteiger partial charge in [-0.25, -0.2) is 4.39 Å². The molecule has 0 radical (unpaired) electrons. The lowest BCUT2D eigenvalue weighted by molar-refractivity contribution is -0.141. The van der Waals surface area contributed by atoms with Crippen LogP contribution < -0.4 is 9.64 Å². The molecule has 1 saturated heterocycles. The lowest BCUT2D eigenvalue weighted by atomic mass is 9.79. The highest BCUT2D eigenvalue weighted by atomic mass is 19.1. The van der Waals surface area contributed by atoms with Gasteiger partial charge in [-0.15, -0.1) is 0 Å². The second-order valence-corrected chi connectivity index (χ2v) is 11.4. The lowest BCUT2D eigenvalue weighted by Crippen LogP contribution is -2.39. The molecule has 1 heterocycles. The van der Waals surface area contributed by atoms with E-state index in [1.165, 1.54) is 34.3 Å². The summed E-state index contributed by atoms with van der Waals surface area (Å²) in [7, 11) is 3.37. The van der Waals surface area contributed by atoms with Gasteiger partial charge in [-0.05, 0) is 108 Å². The number of piperidine rings is 1. The van der Waals surface area contributed by atoms with Crippen molar-refractivity contribution in [2.45, 2.75) is 57.8 Å². The molecule has 0 bridgehead atoms. The minimum Gasteiger partial charge on any atom is -0.489 e. The maximum Gasteiger partial charge on any atom is 0.159 e. The van der Waals surface area contributed by atoms with E-state index < -0.39 is 0 Å². The minimum absolute atomic E-state index is 0.154.